The third kappa shape index (κ3) is 3.46. The number of fused-ring (bicyclic) bond motifs is 3. The van der Waals surface area contributed by atoms with Gasteiger partial charge in [-0.15, -0.1) is 11.8 Å². The van der Waals surface area contributed by atoms with Crippen molar-refractivity contribution < 1.29 is 0 Å². The molecule has 0 saturated heterocycles. The Hall–Kier alpha value is -0.930. The van der Waals surface area contributed by atoms with Gasteiger partial charge in [-0.25, -0.2) is 0 Å². The molecule has 1 aliphatic rings. The van der Waals surface area contributed by atoms with Gasteiger partial charge in [0.1, 0.15) is 0 Å². The molecule has 1 aliphatic heterocycles. The first-order valence-corrected chi connectivity index (χ1v) is 9.05. The Morgan fingerprint density at radius 2 is 2.00 bits per heavy atom. The third-order valence-corrected chi connectivity index (χ3v) is 5.38. The minimum atomic E-state index is 0.556. The molecule has 3 rings (SSSR count). The number of rotatable bonds is 3. The van der Waals surface area contributed by atoms with Crippen molar-refractivity contribution in [2.24, 2.45) is 0 Å². The Labute approximate surface area is 133 Å². The van der Waals surface area contributed by atoms with Crippen LogP contribution in [0, 0.1) is 0 Å². The van der Waals surface area contributed by atoms with Gasteiger partial charge in [-0.05, 0) is 63.4 Å². The van der Waals surface area contributed by atoms with E-state index in [1.807, 2.05) is 25.6 Å². The standard InChI is InChI=1S/C16H22N2S.C2H6/c1-12(17(2)3)11-18-9-8-13-14-5-4-10-19-16(14)7-6-15(13)18;1-2/h6-9,12H,4-5,10-11H2,1-3H3;1-2H3/t12-;/m1./s1. The van der Waals surface area contributed by atoms with E-state index in [-0.39, 0.29) is 0 Å². The maximum Gasteiger partial charge on any atom is 0.0484 e. The van der Waals surface area contributed by atoms with Crippen LogP contribution >= 0.6 is 11.8 Å². The summed E-state index contributed by atoms with van der Waals surface area (Å²) < 4.78 is 2.40. The van der Waals surface area contributed by atoms with Crippen LogP contribution in [0.25, 0.3) is 10.9 Å². The molecule has 0 saturated carbocycles. The maximum absolute atomic E-state index is 2.40. The zero-order chi connectivity index (χ0) is 15.4. The lowest BCUT2D eigenvalue weighted by Gasteiger charge is -2.21. The molecule has 3 heteroatoms. The SMILES string of the molecule is CC.C[C@H](Cn1ccc2c3c(ccc21)SCCC3)N(C)C. The fraction of sp³-hybridized carbons (Fsp3) is 0.556. The minimum Gasteiger partial charge on any atom is -0.346 e. The predicted molar refractivity (Wildman–Crippen MR) is 95.5 cm³/mol. The summed E-state index contributed by atoms with van der Waals surface area (Å²) in [7, 11) is 4.30. The molecule has 2 heterocycles. The van der Waals surface area contributed by atoms with Crippen molar-refractivity contribution in [3.63, 3.8) is 0 Å². The topological polar surface area (TPSA) is 8.17 Å². The Morgan fingerprint density at radius 1 is 1.24 bits per heavy atom. The second-order valence-corrected chi connectivity index (χ2v) is 6.84. The fourth-order valence-corrected chi connectivity index (χ4v) is 3.80. The summed E-state index contributed by atoms with van der Waals surface area (Å²) in [4.78, 5) is 3.78. The van der Waals surface area contributed by atoms with Crippen molar-refractivity contribution in [3.8, 4) is 0 Å². The van der Waals surface area contributed by atoms with Gasteiger partial charge in [-0.1, -0.05) is 13.8 Å². The van der Waals surface area contributed by atoms with E-state index in [1.165, 1.54) is 34.4 Å². The van der Waals surface area contributed by atoms with Gasteiger partial charge in [0.05, 0.1) is 0 Å². The van der Waals surface area contributed by atoms with Gasteiger partial charge in [0.25, 0.3) is 0 Å². The quantitative estimate of drug-likeness (QED) is 0.815. The van der Waals surface area contributed by atoms with E-state index in [2.05, 4.69) is 54.9 Å². The Kier molecular flexibility index (Phi) is 5.77. The monoisotopic (exact) mass is 304 g/mol. The molecule has 21 heavy (non-hydrogen) atoms. The van der Waals surface area contributed by atoms with Crippen LogP contribution in [0.4, 0.5) is 0 Å². The van der Waals surface area contributed by atoms with Gasteiger partial charge >= 0.3 is 0 Å². The highest BCUT2D eigenvalue weighted by molar-refractivity contribution is 7.99. The number of hydrogen-bond donors (Lipinski definition) is 0. The molecule has 0 bridgehead atoms. The zero-order valence-electron chi connectivity index (χ0n) is 14.0. The van der Waals surface area contributed by atoms with Crippen LogP contribution in [0.3, 0.4) is 0 Å². The molecule has 2 nitrogen and oxygen atoms in total. The number of aryl methyl sites for hydroxylation is 1. The summed E-state index contributed by atoms with van der Waals surface area (Å²) >= 11 is 2.01. The molecule has 0 N–H and O–H groups in total. The van der Waals surface area contributed by atoms with Gasteiger partial charge < -0.3 is 9.47 Å². The molecule has 0 amide bonds. The molecule has 1 aromatic carbocycles. The summed E-state index contributed by atoms with van der Waals surface area (Å²) in [5.74, 6) is 1.27. The van der Waals surface area contributed by atoms with E-state index >= 15 is 0 Å². The van der Waals surface area contributed by atoms with Crippen molar-refractivity contribution in [2.45, 2.75) is 51.1 Å². The molecule has 2 aromatic rings. The van der Waals surface area contributed by atoms with Crippen molar-refractivity contribution in [2.75, 3.05) is 19.8 Å². The normalized spacial score (nSPS) is 15.5. The second-order valence-electron chi connectivity index (χ2n) is 5.71. The van der Waals surface area contributed by atoms with Crippen LogP contribution < -0.4 is 0 Å². The first-order valence-electron chi connectivity index (χ1n) is 8.07. The van der Waals surface area contributed by atoms with E-state index in [4.69, 9.17) is 0 Å². The highest BCUT2D eigenvalue weighted by Crippen LogP contribution is 2.35. The van der Waals surface area contributed by atoms with E-state index in [0.717, 1.165) is 6.54 Å². The first-order chi connectivity index (χ1) is 10.2. The molecule has 0 unspecified atom stereocenters. The first kappa shape index (κ1) is 16.4. The van der Waals surface area contributed by atoms with Crippen molar-refractivity contribution in [1.82, 2.24) is 9.47 Å². The number of nitrogens with zero attached hydrogens (tertiary/aromatic N) is 2. The summed E-state index contributed by atoms with van der Waals surface area (Å²) in [6, 6.07) is 7.48. The molecular formula is C18H28N2S. The van der Waals surface area contributed by atoms with Crippen molar-refractivity contribution >= 4 is 22.7 Å². The van der Waals surface area contributed by atoms with Crippen molar-refractivity contribution in [1.29, 1.82) is 0 Å². The van der Waals surface area contributed by atoms with Crippen LogP contribution in [-0.4, -0.2) is 35.4 Å². The molecule has 0 aliphatic carbocycles. The smallest absolute Gasteiger partial charge is 0.0484 e. The fourth-order valence-electron chi connectivity index (χ4n) is 2.74. The number of aromatic nitrogens is 1. The third-order valence-electron chi connectivity index (χ3n) is 4.19. The molecule has 0 spiro atoms. The number of hydrogen-bond acceptors (Lipinski definition) is 2. The van der Waals surface area contributed by atoms with E-state index in [0.29, 0.717) is 6.04 Å². The van der Waals surface area contributed by atoms with Gasteiger partial charge in [0.2, 0.25) is 0 Å². The average Bonchev–Trinajstić information content (AvgIpc) is 2.92. The van der Waals surface area contributed by atoms with Crippen LogP contribution in [0.1, 0.15) is 32.8 Å². The molecule has 116 valence electrons. The average molecular weight is 305 g/mol. The Morgan fingerprint density at radius 3 is 2.71 bits per heavy atom. The summed E-state index contributed by atoms with van der Waals surface area (Å²) in [5, 5.41) is 1.47. The Bertz CT molecular complexity index is 586. The number of benzene rings is 1. The lowest BCUT2D eigenvalue weighted by atomic mass is 10.1. The largest absolute Gasteiger partial charge is 0.346 e. The molecule has 0 radical (unpaired) electrons. The van der Waals surface area contributed by atoms with Crippen LogP contribution in [0.2, 0.25) is 0 Å². The highest BCUT2D eigenvalue weighted by atomic mass is 32.2. The van der Waals surface area contributed by atoms with Crippen LogP contribution in [0.5, 0.6) is 0 Å². The lowest BCUT2D eigenvalue weighted by molar-refractivity contribution is 0.286. The second kappa shape index (κ2) is 7.37. The Balaban J connectivity index is 0.000000774. The molecular weight excluding hydrogens is 276 g/mol. The lowest BCUT2D eigenvalue weighted by Crippen LogP contribution is -2.28. The minimum absolute atomic E-state index is 0.556. The van der Waals surface area contributed by atoms with Crippen LogP contribution in [0.15, 0.2) is 29.3 Å². The summed E-state index contributed by atoms with van der Waals surface area (Å²) in [5.41, 5.74) is 2.97. The van der Waals surface area contributed by atoms with Gasteiger partial charge in [-0.2, -0.15) is 0 Å². The maximum atomic E-state index is 2.40. The van der Waals surface area contributed by atoms with Gasteiger partial charge in [0.15, 0.2) is 0 Å². The van der Waals surface area contributed by atoms with Gasteiger partial charge in [-0.3, -0.25) is 0 Å². The molecule has 1 atom stereocenters. The van der Waals surface area contributed by atoms with E-state index in [1.54, 1.807) is 5.56 Å². The van der Waals surface area contributed by atoms with E-state index < -0.39 is 0 Å². The highest BCUT2D eigenvalue weighted by Gasteiger charge is 2.15. The van der Waals surface area contributed by atoms with Crippen LogP contribution in [-0.2, 0) is 13.0 Å². The van der Waals surface area contributed by atoms with E-state index in [9.17, 15) is 0 Å². The molecule has 0 fully saturated rings. The molecule has 1 aromatic heterocycles. The summed E-state index contributed by atoms with van der Waals surface area (Å²) in [6.07, 6.45) is 4.81. The predicted octanol–water partition coefficient (Wildman–Crippen LogP) is 4.66. The van der Waals surface area contributed by atoms with Crippen molar-refractivity contribution in [3.05, 3.63) is 30.0 Å². The van der Waals surface area contributed by atoms with Gasteiger partial charge in [0, 0.05) is 34.6 Å². The zero-order valence-corrected chi connectivity index (χ0v) is 14.8. The number of thioether (sulfide) groups is 1. The summed E-state index contributed by atoms with van der Waals surface area (Å²) in [6.45, 7) is 7.34. The number of likely N-dealkylation sites (N-methyl/N-ethyl adjacent to an activating group) is 1.